The molecule has 2 N–H and O–H groups in total. The van der Waals surface area contributed by atoms with Crippen molar-refractivity contribution in [2.75, 3.05) is 7.11 Å². The molecule has 1 rings (SSSR count). The number of methoxy groups -OCH3 is 1. The Balaban J connectivity index is 3.65. The average molecular weight is 261 g/mol. The van der Waals surface area contributed by atoms with E-state index >= 15 is 0 Å². The van der Waals surface area contributed by atoms with E-state index in [0.717, 1.165) is 7.11 Å². The second kappa shape index (κ2) is 4.80. The number of hydrogen-bond acceptors (Lipinski definition) is 4. The fourth-order valence-electron chi connectivity index (χ4n) is 1.57. The number of benzene rings is 1. The van der Waals surface area contributed by atoms with Crippen molar-refractivity contribution in [3.05, 3.63) is 28.8 Å². The summed E-state index contributed by atoms with van der Waals surface area (Å²) < 4.78 is 40.1. The van der Waals surface area contributed by atoms with Gasteiger partial charge in [-0.05, 0) is 18.6 Å². The van der Waals surface area contributed by atoms with Crippen molar-refractivity contribution in [3.63, 3.8) is 0 Å². The zero-order chi connectivity index (χ0) is 13.2. The average Bonchev–Trinajstić information content (AvgIpc) is 2.25. The molecule has 1 aromatic carbocycles. The van der Waals surface area contributed by atoms with Gasteiger partial charge in [0.05, 0.1) is 17.6 Å². The van der Waals surface area contributed by atoms with Gasteiger partial charge in [-0.2, -0.15) is 0 Å². The Morgan fingerprint density at radius 3 is 2.47 bits per heavy atom. The van der Waals surface area contributed by atoms with Crippen LogP contribution in [0.3, 0.4) is 0 Å². The van der Waals surface area contributed by atoms with Gasteiger partial charge in [-0.3, -0.25) is 0 Å². The van der Waals surface area contributed by atoms with Gasteiger partial charge in [0.2, 0.25) is 10.0 Å². The van der Waals surface area contributed by atoms with Gasteiger partial charge in [-0.25, -0.2) is 22.7 Å². The Bertz CT molecular complexity index is 554. The molecule has 0 aliphatic rings. The highest BCUT2D eigenvalue weighted by Gasteiger charge is 2.23. The van der Waals surface area contributed by atoms with Crippen LogP contribution in [-0.2, 0) is 21.4 Å². The number of aryl methyl sites for hydroxylation is 1. The zero-order valence-corrected chi connectivity index (χ0v) is 10.2. The maximum atomic E-state index is 12.9. The topological polar surface area (TPSA) is 86.5 Å². The summed E-state index contributed by atoms with van der Waals surface area (Å²) in [5.41, 5.74) is -0.114. The fourth-order valence-corrected chi connectivity index (χ4v) is 2.60. The Morgan fingerprint density at radius 1 is 1.47 bits per heavy atom. The van der Waals surface area contributed by atoms with E-state index in [2.05, 4.69) is 4.74 Å². The van der Waals surface area contributed by atoms with Gasteiger partial charge < -0.3 is 4.74 Å². The minimum absolute atomic E-state index is 0.135. The summed E-state index contributed by atoms with van der Waals surface area (Å²) in [4.78, 5) is 11.0. The van der Waals surface area contributed by atoms with Gasteiger partial charge in [0, 0.05) is 5.56 Å². The van der Waals surface area contributed by atoms with Crippen molar-refractivity contribution >= 4 is 16.0 Å². The van der Waals surface area contributed by atoms with Crippen LogP contribution in [0.15, 0.2) is 17.0 Å². The third-order valence-corrected chi connectivity index (χ3v) is 3.42. The summed E-state index contributed by atoms with van der Waals surface area (Å²) in [5.74, 6) is -0.803. The molecule has 7 heteroatoms. The molecule has 1 aromatic rings. The summed E-state index contributed by atoms with van der Waals surface area (Å²) in [7, 11) is -2.96. The number of rotatable bonds is 3. The molecule has 0 spiro atoms. The van der Waals surface area contributed by atoms with Crippen LogP contribution in [0.25, 0.3) is 0 Å². The predicted molar refractivity (Wildman–Crippen MR) is 58.7 cm³/mol. The van der Waals surface area contributed by atoms with E-state index in [1.54, 1.807) is 0 Å². The first-order valence-corrected chi connectivity index (χ1v) is 6.17. The second-order valence-electron chi connectivity index (χ2n) is 3.41. The fraction of sp³-hybridized carbons (Fsp3) is 0.300. The molecule has 0 aromatic heterocycles. The normalized spacial score (nSPS) is 11.3. The standard InChI is InChI=1S/C10H12FNO4S/c1-6-3-4-7(10(13)16-2)8(5-11)9(6)17(12,14)15/h3-4H,5H2,1-2H3,(H2,12,14,15). The molecule has 0 saturated heterocycles. The quantitative estimate of drug-likeness (QED) is 0.819. The number of carbonyl (C=O) groups is 1. The highest BCUT2D eigenvalue weighted by atomic mass is 32.2. The molecule has 0 aliphatic heterocycles. The first-order chi connectivity index (χ1) is 7.82. The van der Waals surface area contributed by atoms with Gasteiger partial charge >= 0.3 is 5.97 Å². The molecular formula is C10H12FNO4S. The summed E-state index contributed by atoms with van der Waals surface area (Å²) in [6.07, 6.45) is 0. The number of carbonyl (C=O) groups excluding carboxylic acids is 1. The van der Waals surface area contributed by atoms with E-state index in [1.807, 2.05) is 0 Å². The number of hydrogen-bond donors (Lipinski definition) is 1. The van der Waals surface area contributed by atoms with Gasteiger partial charge in [0.15, 0.2) is 0 Å². The maximum Gasteiger partial charge on any atom is 0.338 e. The number of nitrogens with two attached hydrogens (primary N) is 1. The number of sulfonamides is 1. The second-order valence-corrected chi connectivity index (χ2v) is 4.91. The van der Waals surface area contributed by atoms with Crippen LogP contribution >= 0.6 is 0 Å². The lowest BCUT2D eigenvalue weighted by Gasteiger charge is -2.12. The number of ether oxygens (including phenoxy) is 1. The molecular weight excluding hydrogens is 249 g/mol. The molecule has 0 saturated carbocycles. The van der Waals surface area contributed by atoms with E-state index in [1.165, 1.54) is 19.1 Å². The van der Waals surface area contributed by atoms with E-state index < -0.39 is 22.7 Å². The summed E-state index contributed by atoms with van der Waals surface area (Å²) in [5, 5.41) is 5.00. The first-order valence-electron chi connectivity index (χ1n) is 4.62. The number of primary sulfonamides is 1. The third-order valence-electron chi connectivity index (χ3n) is 2.28. The maximum absolute atomic E-state index is 12.9. The summed E-state index contributed by atoms with van der Waals surface area (Å²) in [6.45, 7) is 0.359. The van der Waals surface area contributed by atoms with E-state index in [-0.39, 0.29) is 21.6 Å². The zero-order valence-electron chi connectivity index (χ0n) is 9.36. The van der Waals surface area contributed by atoms with Crippen LogP contribution in [0.5, 0.6) is 0 Å². The highest BCUT2D eigenvalue weighted by Crippen LogP contribution is 2.24. The lowest BCUT2D eigenvalue weighted by atomic mass is 10.1. The molecule has 0 atom stereocenters. The Kier molecular flexibility index (Phi) is 3.84. The lowest BCUT2D eigenvalue weighted by molar-refractivity contribution is 0.0598. The van der Waals surface area contributed by atoms with Crippen LogP contribution in [0.4, 0.5) is 4.39 Å². The Labute approximate surface area is 98.4 Å². The van der Waals surface area contributed by atoms with Crippen LogP contribution < -0.4 is 5.14 Å². The lowest BCUT2D eigenvalue weighted by Crippen LogP contribution is -2.18. The Morgan fingerprint density at radius 2 is 2.06 bits per heavy atom. The van der Waals surface area contributed by atoms with Crippen LogP contribution in [0, 0.1) is 6.92 Å². The molecule has 94 valence electrons. The molecule has 0 bridgehead atoms. The highest BCUT2D eigenvalue weighted by molar-refractivity contribution is 7.89. The van der Waals surface area contributed by atoms with Crippen molar-refractivity contribution in [1.82, 2.24) is 0 Å². The summed E-state index contributed by atoms with van der Waals surface area (Å²) >= 11 is 0. The molecule has 0 fully saturated rings. The number of halogens is 1. The number of alkyl halides is 1. The predicted octanol–water partition coefficient (Wildman–Crippen LogP) is 0.899. The van der Waals surface area contributed by atoms with Gasteiger partial charge in [0.25, 0.3) is 0 Å². The van der Waals surface area contributed by atoms with E-state index in [9.17, 15) is 17.6 Å². The third kappa shape index (κ3) is 2.62. The molecule has 17 heavy (non-hydrogen) atoms. The SMILES string of the molecule is COC(=O)c1ccc(C)c(S(N)(=O)=O)c1CF. The summed E-state index contributed by atoms with van der Waals surface area (Å²) in [6, 6.07) is 2.69. The van der Waals surface area contributed by atoms with Crippen molar-refractivity contribution in [3.8, 4) is 0 Å². The molecule has 0 unspecified atom stereocenters. The van der Waals surface area contributed by atoms with Gasteiger partial charge in [0.1, 0.15) is 6.67 Å². The first kappa shape index (κ1) is 13.6. The van der Waals surface area contributed by atoms with E-state index in [0.29, 0.717) is 0 Å². The van der Waals surface area contributed by atoms with Crippen molar-refractivity contribution in [1.29, 1.82) is 0 Å². The smallest absolute Gasteiger partial charge is 0.338 e. The molecule has 0 heterocycles. The molecule has 0 radical (unpaired) electrons. The van der Waals surface area contributed by atoms with Crippen molar-refractivity contribution in [2.45, 2.75) is 18.5 Å². The molecule has 0 aliphatic carbocycles. The van der Waals surface area contributed by atoms with Crippen molar-refractivity contribution < 1.29 is 22.3 Å². The molecule has 0 amide bonds. The minimum Gasteiger partial charge on any atom is -0.465 e. The Hall–Kier alpha value is -1.47. The monoisotopic (exact) mass is 261 g/mol. The largest absolute Gasteiger partial charge is 0.465 e. The minimum atomic E-state index is -4.09. The van der Waals surface area contributed by atoms with Gasteiger partial charge in [-0.15, -0.1) is 0 Å². The van der Waals surface area contributed by atoms with Crippen molar-refractivity contribution in [2.24, 2.45) is 5.14 Å². The van der Waals surface area contributed by atoms with Gasteiger partial charge in [-0.1, -0.05) is 6.07 Å². The van der Waals surface area contributed by atoms with Crippen LogP contribution in [-0.4, -0.2) is 21.5 Å². The van der Waals surface area contributed by atoms with Crippen LogP contribution in [0.1, 0.15) is 21.5 Å². The van der Waals surface area contributed by atoms with Crippen LogP contribution in [0.2, 0.25) is 0 Å². The van der Waals surface area contributed by atoms with E-state index in [4.69, 9.17) is 5.14 Å². The molecule has 5 nitrogen and oxygen atoms in total. The number of esters is 1.